The van der Waals surface area contributed by atoms with Gasteiger partial charge in [-0.2, -0.15) is 5.10 Å². The van der Waals surface area contributed by atoms with E-state index < -0.39 is 0 Å². The Morgan fingerprint density at radius 2 is 2.15 bits per heavy atom. The lowest BCUT2D eigenvalue weighted by Gasteiger charge is -2.04. The quantitative estimate of drug-likeness (QED) is 0.519. The lowest BCUT2D eigenvalue weighted by molar-refractivity contribution is 0.793. The van der Waals surface area contributed by atoms with E-state index >= 15 is 0 Å². The third kappa shape index (κ3) is 2.31. The third-order valence-corrected chi connectivity index (χ3v) is 1.62. The fourth-order valence-electron chi connectivity index (χ4n) is 1.18. The zero-order chi connectivity index (χ0) is 10.0. The highest BCUT2D eigenvalue weighted by Crippen LogP contribution is 2.00. The summed E-state index contributed by atoms with van der Waals surface area (Å²) in [7, 11) is 0. The van der Waals surface area contributed by atoms with E-state index in [0.29, 0.717) is 5.96 Å². The Labute approximate surface area is 78.5 Å². The Morgan fingerprint density at radius 1 is 1.54 bits per heavy atom. The van der Waals surface area contributed by atoms with Crippen molar-refractivity contribution in [3.8, 4) is 0 Å². The van der Waals surface area contributed by atoms with E-state index in [1.54, 1.807) is 4.68 Å². The minimum absolute atomic E-state index is 0.198. The van der Waals surface area contributed by atoms with Gasteiger partial charge in [0.2, 0.25) is 5.96 Å². The van der Waals surface area contributed by atoms with Crippen LogP contribution in [0.4, 0.5) is 0 Å². The van der Waals surface area contributed by atoms with Gasteiger partial charge in [0, 0.05) is 11.7 Å². The van der Waals surface area contributed by atoms with Crippen LogP contribution in [0.2, 0.25) is 0 Å². The van der Waals surface area contributed by atoms with Crippen LogP contribution in [0.15, 0.2) is 11.1 Å². The number of nitrogens with two attached hydrogens (primary N) is 1. The zero-order valence-electron chi connectivity index (χ0n) is 8.57. The Balaban J connectivity index is 3.01. The van der Waals surface area contributed by atoms with E-state index in [9.17, 15) is 0 Å². The molecule has 0 aliphatic heterocycles. The summed E-state index contributed by atoms with van der Waals surface area (Å²) in [6.45, 7) is 7.87. The van der Waals surface area contributed by atoms with Gasteiger partial charge in [0.25, 0.3) is 0 Å². The monoisotopic (exact) mass is 180 g/mol. The minimum atomic E-state index is 0.198. The van der Waals surface area contributed by atoms with Crippen molar-refractivity contribution in [1.82, 2.24) is 9.78 Å². The van der Waals surface area contributed by atoms with Crippen molar-refractivity contribution in [3.63, 3.8) is 0 Å². The highest BCUT2D eigenvalue weighted by atomic mass is 15.4. The summed E-state index contributed by atoms with van der Waals surface area (Å²) < 4.78 is 1.66. The van der Waals surface area contributed by atoms with Gasteiger partial charge in [-0.05, 0) is 33.8 Å². The Hall–Kier alpha value is -1.32. The van der Waals surface area contributed by atoms with Crippen molar-refractivity contribution in [2.45, 2.75) is 33.7 Å². The van der Waals surface area contributed by atoms with Crippen LogP contribution in [0, 0.1) is 13.8 Å². The van der Waals surface area contributed by atoms with E-state index in [1.807, 2.05) is 33.8 Å². The molecule has 13 heavy (non-hydrogen) atoms. The van der Waals surface area contributed by atoms with Gasteiger partial charge in [0.1, 0.15) is 0 Å². The maximum atomic E-state index is 5.76. The van der Waals surface area contributed by atoms with E-state index in [4.69, 9.17) is 5.73 Å². The molecule has 1 aromatic rings. The van der Waals surface area contributed by atoms with Crippen LogP contribution in [0.25, 0.3) is 0 Å². The van der Waals surface area contributed by atoms with Gasteiger partial charge in [-0.3, -0.25) is 0 Å². The molecule has 0 unspecified atom stereocenters. The number of aromatic nitrogens is 2. The molecule has 1 rings (SSSR count). The molecular weight excluding hydrogens is 164 g/mol. The van der Waals surface area contributed by atoms with Gasteiger partial charge in [-0.25, -0.2) is 9.67 Å². The van der Waals surface area contributed by atoms with Crippen LogP contribution in [0.3, 0.4) is 0 Å². The average molecular weight is 180 g/mol. The summed E-state index contributed by atoms with van der Waals surface area (Å²) in [6.07, 6.45) is 0. The molecule has 0 aliphatic rings. The average Bonchev–Trinajstić information content (AvgIpc) is 2.28. The zero-order valence-corrected chi connectivity index (χ0v) is 8.57. The molecule has 0 atom stereocenters. The summed E-state index contributed by atoms with van der Waals surface area (Å²) >= 11 is 0. The second-order valence-electron chi connectivity index (χ2n) is 3.42. The van der Waals surface area contributed by atoms with Crippen LogP contribution < -0.4 is 5.73 Å². The maximum Gasteiger partial charge on any atom is 0.216 e. The summed E-state index contributed by atoms with van der Waals surface area (Å²) in [6, 6.07) is 2.17. The first-order chi connectivity index (χ1) is 6.00. The molecule has 0 aromatic carbocycles. The molecule has 4 nitrogen and oxygen atoms in total. The molecule has 4 heteroatoms. The van der Waals surface area contributed by atoms with Crippen LogP contribution in [-0.2, 0) is 0 Å². The molecule has 2 N–H and O–H groups in total. The van der Waals surface area contributed by atoms with Gasteiger partial charge >= 0.3 is 0 Å². The summed E-state index contributed by atoms with van der Waals surface area (Å²) in [4.78, 5) is 4.22. The standard InChI is InChI=1S/C9H16N4/c1-6(2)11-9(10)13-8(4)5-7(3)12-13/h5-6H,1-4H3,(H2,10,11). The van der Waals surface area contributed by atoms with Crippen molar-refractivity contribution in [2.75, 3.05) is 0 Å². The van der Waals surface area contributed by atoms with Crippen LogP contribution in [0.1, 0.15) is 25.2 Å². The largest absolute Gasteiger partial charge is 0.368 e. The van der Waals surface area contributed by atoms with Crippen molar-refractivity contribution in [2.24, 2.45) is 10.7 Å². The first-order valence-electron chi connectivity index (χ1n) is 4.37. The van der Waals surface area contributed by atoms with Gasteiger partial charge in [-0.1, -0.05) is 0 Å². The van der Waals surface area contributed by atoms with Gasteiger partial charge in [-0.15, -0.1) is 0 Å². The Bertz CT molecular complexity index is 322. The summed E-state index contributed by atoms with van der Waals surface area (Å²) in [5.41, 5.74) is 7.73. The molecule has 0 saturated heterocycles. The topological polar surface area (TPSA) is 56.2 Å². The summed E-state index contributed by atoms with van der Waals surface area (Å²) in [5, 5.41) is 4.22. The lowest BCUT2D eigenvalue weighted by atomic mass is 10.4. The van der Waals surface area contributed by atoms with E-state index in [1.165, 1.54) is 0 Å². The third-order valence-electron chi connectivity index (χ3n) is 1.62. The van der Waals surface area contributed by atoms with Crippen LogP contribution in [-0.4, -0.2) is 21.8 Å². The Kier molecular flexibility index (Phi) is 2.70. The highest BCUT2D eigenvalue weighted by molar-refractivity contribution is 5.80. The smallest absolute Gasteiger partial charge is 0.216 e. The van der Waals surface area contributed by atoms with Crippen molar-refractivity contribution >= 4 is 5.96 Å². The van der Waals surface area contributed by atoms with Crippen LogP contribution in [0.5, 0.6) is 0 Å². The van der Waals surface area contributed by atoms with E-state index in [0.717, 1.165) is 11.4 Å². The SMILES string of the molecule is Cc1cc(C)n(C(N)=NC(C)C)n1. The first kappa shape index (κ1) is 9.77. The molecule has 1 heterocycles. The van der Waals surface area contributed by atoms with Gasteiger partial charge in [0.05, 0.1) is 5.69 Å². The number of hydrogen-bond donors (Lipinski definition) is 1. The van der Waals surface area contributed by atoms with Crippen molar-refractivity contribution in [1.29, 1.82) is 0 Å². The molecule has 72 valence electrons. The molecule has 0 fully saturated rings. The highest BCUT2D eigenvalue weighted by Gasteiger charge is 2.04. The fourth-order valence-corrected chi connectivity index (χ4v) is 1.18. The number of aryl methyl sites for hydroxylation is 2. The van der Waals surface area contributed by atoms with E-state index in [-0.39, 0.29) is 6.04 Å². The normalized spacial score (nSPS) is 12.5. The molecule has 0 radical (unpaired) electrons. The number of rotatable bonds is 1. The first-order valence-corrected chi connectivity index (χ1v) is 4.37. The van der Waals surface area contributed by atoms with Crippen molar-refractivity contribution < 1.29 is 0 Å². The lowest BCUT2D eigenvalue weighted by Crippen LogP contribution is -2.26. The Morgan fingerprint density at radius 3 is 2.54 bits per heavy atom. The predicted molar refractivity (Wildman–Crippen MR) is 53.9 cm³/mol. The second kappa shape index (κ2) is 3.60. The second-order valence-corrected chi connectivity index (χ2v) is 3.42. The predicted octanol–water partition coefficient (Wildman–Crippen LogP) is 1.07. The van der Waals surface area contributed by atoms with Crippen LogP contribution >= 0.6 is 0 Å². The van der Waals surface area contributed by atoms with Gasteiger partial charge < -0.3 is 5.73 Å². The minimum Gasteiger partial charge on any atom is -0.368 e. The molecule has 0 saturated carbocycles. The van der Waals surface area contributed by atoms with E-state index in [2.05, 4.69) is 10.1 Å². The van der Waals surface area contributed by atoms with Crippen molar-refractivity contribution in [3.05, 3.63) is 17.5 Å². The van der Waals surface area contributed by atoms with Gasteiger partial charge in [0.15, 0.2) is 0 Å². The fraction of sp³-hybridized carbons (Fsp3) is 0.556. The molecule has 0 amide bonds. The number of nitrogens with zero attached hydrogens (tertiary/aromatic N) is 3. The molecule has 0 spiro atoms. The molecule has 0 aliphatic carbocycles. The maximum absolute atomic E-state index is 5.76. The molecular formula is C9H16N4. The molecule has 0 bridgehead atoms. The number of aliphatic imine (C=N–C) groups is 1. The number of hydrogen-bond acceptors (Lipinski definition) is 2. The molecule has 1 aromatic heterocycles. The summed E-state index contributed by atoms with van der Waals surface area (Å²) in [5.74, 6) is 0.459.